The van der Waals surface area contributed by atoms with Crippen molar-refractivity contribution in [2.45, 2.75) is 0 Å². The van der Waals surface area contributed by atoms with Gasteiger partial charge in [-0.15, -0.1) is 0 Å². The number of benzene rings is 2. The maximum Gasteiger partial charge on any atom is 0.123 e. The minimum absolute atomic E-state index is 0.291. The summed E-state index contributed by atoms with van der Waals surface area (Å²) in [6, 6.07) is 13.4. The van der Waals surface area contributed by atoms with E-state index in [0.717, 1.165) is 11.3 Å². The predicted octanol–water partition coefficient (Wildman–Crippen LogP) is 3.91. The first-order valence-electron chi connectivity index (χ1n) is 6.01. The molecule has 0 aliphatic carbocycles. The fourth-order valence-electron chi connectivity index (χ4n) is 1.98. The molecule has 2 N–H and O–H groups in total. The van der Waals surface area contributed by atoms with Gasteiger partial charge in [0.05, 0.1) is 22.6 Å². The van der Waals surface area contributed by atoms with Gasteiger partial charge in [-0.3, -0.25) is 0 Å². The zero-order valence-corrected chi connectivity index (χ0v) is 11.2. The number of halogens is 2. The summed E-state index contributed by atoms with van der Waals surface area (Å²) in [6.07, 6.45) is 1.69. The molecular weight excluding hydrogens is 277 g/mol. The van der Waals surface area contributed by atoms with E-state index in [4.69, 9.17) is 17.3 Å². The molecule has 100 valence electrons. The van der Waals surface area contributed by atoms with Crippen molar-refractivity contribution in [1.82, 2.24) is 9.78 Å². The van der Waals surface area contributed by atoms with Crippen molar-refractivity contribution in [1.29, 1.82) is 0 Å². The Morgan fingerprint density at radius 2 is 1.75 bits per heavy atom. The van der Waals surface area contributed by atoms with E-state index in [9.17, 15) is 4.39 Å². The second-order valence-electron chi connectivity index (χ2n) is 4.33. The van der Waals surface area contributed by atoms with E-state index in [1.165, 1.54) is 12.1 Å². The quantitative estimate of drug-likeness (QED) is 0.776. The third kappa shape index (κ3) is 2.26. The molecule has 3 nitrogen and oxygen atoms in total. The number of anilines is 1. The van der Waals surface area contributed by atoms with Crippen LogP contribution in [0.25, 0.3) is 16.9 Å². The molecule has 5 heteroatoms. The van der Waals surface area contributed by atoms with Crippen molar-refractivity contribution < 1.29 is 4.39 Å². The Kier molecular flexibility index (Phi) is 3.16. The highest BCUT2D eigenvalue weighted by Crippen LogP contribution is 2.31. The van der Waals surface area contributed by atoms with Crippen LogP contribution in [0.2, 0.25) is 5.02 Å². The van der Waals surface area contributed by atoms with Crippen LogP contribution in [0.15, 0.2) is 54.7 Å². The standard InChI is InChI=1S/C15H11ClFN3/c16-13-4-2-1-3-12(13)15-14(18)9-20(19-15)11-7-5-10(17)6-8-11/h1-9H,18H2. The van der Waals surface area contributed by atoms with Crippen molar-refractivity contribution in [3.63, 3.8) is 0 Å². The number of nitrogen functional groups attached to an aromatic ring is 1. The summed E-state index contributed by atoms with van der Waals surface area (Å²) < 4.78 is 14.5. The van der Waals surface area contributed by atoms with Gasteiger partial charge in [-0.2, -0.15) is 5.10 Å². The van der Waals surface area contributed by atoms with Crippen LogP contribution < -0.4 is 5.73 Å². The minimum atomic E-state index is -0.291. The normalized spacial score (nSPS) is 10.7. The van der Waals surface area contributed by atoms with Gasteiger partial charge in [-0.1, -0.05) is 29.8 Å². The van der Waals surface area contributed by atoms with Crippen LogP contribution in [0.1, 0.15) is 0 Å². The van der Waals surface area contributed by atoms with Crippen molar-refractivity contribution in [3.8, 4) is 16.9 Å². The Bertz CT molecular complexity index is 750. The summed E-state index contributed by atoms with van der Waals surface area (Å²) in [5.74, 6) is -0.291. The van der Waals surface area contributed by atoms with E-state index >= 15 is 0 Å². The maximum atomic E-state index is 12.9. The largest absolute Gasteiger partial charge is 0.396 e. The van der Waals surface area contributed by atoms with Crippen LogP contribution >= 0.6 is 11.6 Å². The Balaban J connectivity index is 2.08. The van der Waals surface area contributed by atoms with E-state index in [1.807, 2.05) is 18.2 Å². The molecule has 0 aliphatic rings. The van der Waals surface area contributed by atoms with Crippen LogP contribution in [0.4, 0.5) is 10.1 Å². The Hall–Kier alpha value is -2.33. The van der Waals surface area contributed by atoms with Crippen molar-refractivity contribution in [3.05, 3.63) is 65.6 Å². The van der Waals surface area contributed by atoms with Crippen molar-refractivity contribution in [2.24, 2.45) is 0 Å². The van der Waals surface area contributed by atoms with Gasteiger partial charge in [0, 0.05) is 5.56 Å². The average molecular weight is 288 g/mol. The molecule has 3 aromatic rings. The number of nitrogens with two attached hydrogens (primary N) is 1. The molecule has 0 bridgehead atoms. The monoisotopic (exact) mass is 287 g/mol. The van der Waals surface area contributed by atoms with Crippen molar-refractivity contribution >= 4 is 17.3 Å². The Labute approximate surface area is 120 Å². The lowest BCUT2D eigenvalue weighted by Gasteiger charge is -2.02. The molecule has 0 amide bonds. The molecule has 2 aromatic carbocycles. The number of nitrogens with zero attached hydrogens (tertiary/aromatic N) is 2. The SMILES string of the molecule is Nc1cn(-c2ccc(F)cc2)nc1-c1ccccc1Cl. The van der Waals surface area contributed by atoms with Gasteiger partial charge in [-0.05, 0) is 30.3 Å². The molecule has 0 spiro atoms. The third-order valence-electron chi connectivity index (χ3n) is 2.96. The van der Waals surface area contributed by atoms with Gasteiger partial charge < -0.3 is 5.73 Å². The summed E-state index contributed by atoms with van der Waals surface area (Å²) >= 11 is 6.15. The molecule has 0 atom stereocenters. The van der Waals surface area contributed by atoms with Crippen LogP contribution in [0.5, 0.6) is 0 Å². The van der Waals surface area contributed by atoms with E-state index in [0.29, 0.717) is 16.4 Å². The molecule has 20 heavy (non-hydrogen) atoms. The van der Waals surface area contributed by atoms with Gasteiger partial charge in [-0.25, -0.2) is 9.07 Å². The van der Waals surface area contributed by atoms with Gasteiger partial charge >= 0.3 is 0 Å². The Morgan fingerprint density at radius 1 is 1.05 bits per heavy atom. The maximum absolute atomic E-state index is 12.9. The van der Waals surface area contributed by atoms with Gasteiger partial charge in [0.15, 0.2) is 0 Å². The molecule has 0 fully saturated rings. The minimum Gasteiger partial charge on any atom is -0.396 e. The fraction of sp³-hybridized carbons (Fsp3) is 0. The highest BCUT2D eigenvalue weighted by molar-refractivity contribution is 6.33. The lowest BCUT2D eigenvalue weighted by Crippen LogP contribution is -1.94. The molecular formula is C15H11ClFN3. The molecule has 0 aliphatic heterocycles. The van der Waals surface area contributed by atoms with Crippen LogP contribution in [0, 0.1) is 5.82 Å². The first-order valence-corrected chi connectivity index (χ1v) is 6.39. The first-order chi connectivity index (χ1) is 9.65. The average Bonchev–Trinajstić information content (AvgIpc) is 2.82. The number of aromatic nitrogens is 2. The fourth-order valence-corrected chi connectivity index (χ4v) is 2.20. The molecule has 1 aromatic heterocycles. The summed E-state index contributed by atoms with van der Waals surface area (Å²) in [4.78, 5) is 0. The lowest BCUT2D eigenvalue weighted by molar-refractivity contribution is 0.627. The summed E-state index contributed by atoms with van der Waals surface area (Å²) in [5.41, 5.74) is 8.62. The van der Waals surface area contributed by atoms with Gasteiger partial charge in [0.1, 0.15) is 11.5 Å². The molecule has 0 radical (unpaired) electrons. The number of rotatable bonds is 2. The molecule has 1 heterocycles. The summed E-state index contributed by atoms with van der Waals surface area (Å²) in [7, 11) is 0. The number of hydrogen-bond acceptors (Lipinski definition) is 2. The topological polar surface area (TPSA) is 43.8 Å². The zero-order chi connectivity index (χ0) is 14.1. The first kappa shape index (κ1) is 12.7. The van der Waals surface area contributed by atoms with Crippen LogP contribution in [-0.4, -0.2) is 9.78 Å². The Morgan fingerprint density at radius 3 is 2.45 bits per heavy atom. The van der Waals surface area contributed by atoms with Crippen LogP contribution in [0.3, 0.4) is 0 Å². The predicted molar refractivity (Wildman–Crippen MR) is 78.4 cm³/mol. The summed E-state index contributed by atoms with van der Waals surface area (Å²) in [5, 5.41) is 5.01. The third-order valence-corrected chi connectivity index (χ3v) is 3.29. The molecule has 0 unspecified atom stereocenters. The van der Waals surface area contributed by atoms with Crippen LogP contribution in [-0.2, 0) is 0 Å². The van der Waals surface area contributed by atoms with E-state index in [2.05, 4.69) is 5.10 Å². The second kappa shape index (κ2) is 4.98. The highest BCUT2D eigenvalue weighted by Gasteiger charge is 2.12. The lowest BCUT2D eigenvalue weighted by atomic mass is 10.1. The zero-order valence-electron chi connectivity index (χ0n) is 10.4. The van der Waals surface area contributed by atoms with E-state index in [-0.39, 0.29) is 5.82 Å². The second-order valence-corrected chi connectivity index (χ2v) is 4.74. The molecule has 0 saturated carbocycles. The summed E-state index contributed by atoms with van der Waals surface area (Å²) in [6.45, 7) is 0. The van der Waals surface area contributed by atoms with E-state index < -0.39 is 0 Å². The molecule has 0 saturated heterocycles. The van der Waals surface area contributed by atoms with Gasteiger partial charge in [0.25, 0.3) is 0 Å². The number of hydrogen-bond donors (Lipinski definition) is 1. The van der Waals surface area contributed by atoms with Crippen molar-refractivity contribution in [2.75, 3.05) is 5.73 Å². The smallest absolute Gasteiger partial charge is 0.123 e. The highest BCUT2D eigenvalue weighted by atomic mass is 35.5. The molecule has 3 rings (SSSR count). The van der Waals surface area contributed by atoms with E-state index in [1.54, 1.807) is 29.1 Å². The van der Waals surface area contributed by atoms with Gasteiger partial charge in [0.2, 0.25) is 0 Å².